The van der Waals surface area contributed by atoms with Gasteiger partial charge in [-0.3, -0.25) is 4.79 Å². The van der Waals surface area contributed by atoms with Crippen molar-refractivity contribution >= 4 is 23.2 Å². The molecule has 1 atom stereocenters. The van der Waals surface area contributed by atoms with E-state index in [1.807, 2.05) is 0 Å². The van der Waals surface area contributed by atoms with Crippen molar-refractivity contribution in [1.29, 1.82) is 0 Å². The average molecular weight is 245 g/mol. The molecule has 1 aliphatic rings. The Morgan fingerprint density at radius 2 is 2.22 bits per heavy atom. The maximum absolute atomic E-state index is 11.2. The lowest BCUT2D eigenvalue weighted by Crippen LogP contribution is -2.19. The zero-order chi connectivity index (χ0) is 13.1. The summed E-state index contributed by atoms with van der Waals surface area (Å²) in [6, 6.07) is 5.92. The van der Waals surface area contributed by atoms with Crippen molar-refractivity contribution in [3.63, 3.8) is 0 Å². The Morgan fingerprint density at radius 1 is 1.44 bits per heavy atom. The van der Waals surface area contributed by atoms with Gasteiger partial charge in [0.25, 0.3) is 0 Å². The smallest absolute Gasteiger partial charge is 0.315 e. The molecule has 1 unspecified atom stereocenters. The van der Waals surface area contributed by atoms with Crippen LogP contribution in [0, 0.1) is 0 Å². The molecule has 1 heterocycles. The lowest BCUT2D eigenvalue weighted by atomic mass is 10.1. The van der Waals surface area contributed by atoms with Crippen LogP contribution in [0.3, 0.4) is 0 Å². The van der Waals surface area contributed by atoms with E-state index >= 15 is 0 Å². The van der Waals surface area contributed by atoms with Crippen LogP contribution in [-0.2, 0) is 9.63 Å². The van der Waals surface area contributed by atoms with Gasteiger partial charge in [-0.2, -0.15) is 10.2 Å². The van der Waals surface area contributed by atoms with E-state index in [2.05, 4.69) is 20.2 Å². The largest absolute Gasteiger partial charge is 0.367 e. The Hall–Kier alpha value is -2.37. The molecule has 0 aromatic heterocycles. The molecule has 6 nitrogen and oxygen atoms in total. The van der Waals surface area contributed by atoms with Crippen LogP contribution in [0.2, 0.25) is 0 Å². The molecule has 1 aromatic rings. The molecule has 0 bridgehead atoms. The summed E-state index contributed by atoms with van der Waals surface area (Å²) in [6.45, 7) is 3.11. The van der Waals surface area contributed by atoms with Crippen LogP contribution in [0.25, 0.3) is 0 Å². The summed E-state index contributed by atoms with van der Waals surface area (Å²) >= 11 is 0. The van der Waals surface area contributed by atoms with Gasteiger partial charge in [0.15, 0.2) is 5.78 Å². The van der Waals surface area contributed by atoms with Gasteiger partial charge < -0.3 is 4.84 Å². The molecular weight excluding hydrogens is 234 g/mol. The topological polar surface area (TPSA) is 80.5 Å². The first kappa shape index (κ1) is 12.1. The standard InChI is InChI=1S/C12H11N3O3/c1-7-11(12(17)18-15-7)14-13-10-5-3-4-9(6-10)8(2)16/h3-6,11H,1-2H3. The van der Waals surface area contributed by atoms with Gasteiger partial charge in [-0.1, -0.05) is 17.3 Å². The van der Waals surface area contributed by atoms with Crippen molar-refractivity contribution < 1.29 is 14.4 Å². The van der Waals surface area contributed by atoms with E-state index in [-0.39, 0.29) is 5.78 Å². The highest BCUT2D eigenvalue weighted by Gasteiger charge is 2.29. The average Bonchev–Trinajstić information content (AvgIpc) is 2.67. The van der Waals surface area contributed by atoms with E-state index in [9.17, 15) is 9.59 Å². The number of nitrogens with zero attached hydrogens (tertiary/aromatic N) is 3. The number of oxime groups is 1. The van der Waals surface area contributed by atoms with Crippen molar-refractivity contribution in [2.45, 2.75) is 19.9 Å². The number of hydrogen-bond donors (Lipinski definition) is 0. The molecule has 0 aliphatic carbocycles. The number of benzene rings is 1. The SMILES string of the molecule is CC(=O)c1cccc(N=NC2C(=O)ON=C2C)c1. The van der Waals surface area contributed by atoms with Crippen molar-refractivity contribution in [3.05, 3.63) is 29.8 Å². The van der Waals surface area contributed by atoms with E-state index in [0.717, 1.165) is 0 Å². The quantitative estimate of drug-likeness (QED) is 0.465. The molecule has 0 radical (unpaired) electrons. The molecule has 0 fully saturated rings. The lowest BCUT2D eigenvalue weighted by Gasteiger charge is -1.99. The number of ketones is 1. The first-order valence-corrected chi connectivity index (χ1v) is 5.35. The Kier molecular flexibility index (Phi) is 3.27. The van der Waals surface area contributed by atoms with Crippen LogP contribution in [0.1, 0.15) is 24.2 Å². The van der Waals surface area contributed by atoms with Crippen LogP contribution in [-0.4, -0.2) is 23.5 Å². The highest BCUT2D eigenvalue weighted by Crippen LogP contribution is 2.17. The number of carbonyl (C=O) groups excluding carboxylic acids is 2. The minimum Gasteiger partial charge on any atom is -0.315 e. The van der Waals surface area contributed by atoms with E-state index in [0.29, 0.717) is 17.0 Å². The van der Waals surface area contributed by atoms with Gasteiger partial charge in [-0.05, 0) is 26.0 Å². The molecule has 2 rings (SSSR count). The number of carbonyl (C=O) groups is 2. The lowest BCUT2D eigenvalue weighted by molar-refractivity contribution is -0.141. The van der Waals surface area contributed by atoms with Gasteiger partial charge in [-0.15, -0.1) is 0 Å². The first-order valence-electron chi connectivity index (χ1n) is 5.35. The molecular formula is C12H11N3O3. The summed E-state index contributed by atoms with van der Waals surface area (Å²) in [5, 5.41) is 11.3. The van der Waals surface area contributed by atoms with Crippen molar-refractivity contribution in [3.8, 4) is 0 Å². The van der Waals surface area contributed by atoms with E-state index in [4.69, 9.17) is 0 Å². The molecule has 0 saturated heterocycles. The summed E-state index contributed by atoms with van der Waals surface area (Å²) < 4.78 is 0. The highest BCUT2D eigenvalue weighted by atomic mass is 16.7. The molecule has 6 heteroatoms. The number of hydrogen-bond acceptors (Lipinski definition) is 6. The second kappa shape index (κ2) is 4.87. The molecule has 0 saturated carbocycles. The summed E-state index contributed by atoms with van der Waals surface area (Å²) in [5.41, 5.74) is 1.52. The molecule has 1 aliphatic heterocycles. The van der Waals surface area contributed by atoms with Gasteiger partial charge in [0.1, 0.15) is 0 Å². The number of Topliss-reactive ketones (excluding diaryl/α,β-unsaturated/α-hetero) is 1. The van der Waals surface area contributed by atoms with Gasteiger partial charge in [0, 0.05) is 5.56 Å². The van der Waals surface area contributed by atoms with Crippen LogP contribution in [0.5, 0.6) is 0 Å². The van der Waals surface area contributed by atoms with Gasteiger partial charge in [0.05, 0.1) is 11.4 Å². The second-order valence-corrected chi connectivity index (χ2v) is 3.87. The zero-order valence-corrected chi connectivity index (χ0v) is 9.95. The monoisotopic (exact) mass is 245 g/mol. The Bertz CT molecular complexity index is 563. The zero-order valence-electron chi connectivity index (χ0n) is 9.95. The van der Waals surface area contributed by atoms with Crippen LogP contribution in [0.4, 0.5) is 5.69 Å². The summed E-state index contributed by atoms with van der Waals surface area (Å²) in [5.74, 6) is -0.593. The predicted molar refractivity (Wildman–Crippen MR) is 64.0 cm³/mol. The maximum Gasteiger partial charge on any atom is 0.367 e. The molecule has 92 valence electrons. The van der Waals surface area contributed by atoms with Gasteiger partial charge in [-0.25, -0.2) is 4.79 Å². The maximum atomic E-state index is 11.2. The third kappa shape index (κ3) is 2.48. The number of azo groups is 1. The highest BCUT2D eigenvalue weighted by molar-refractivity contribution is 6.07. The van der Waals surface area contributed by atoms with Gasteiger partial charge >= 0.3 is 5.97 Å². The Balaban J connectivity index is 2.19. The van der Waals surface area contributed by atoms with Crippen molar-refractivity contribution in [1.82, 2.24) is 0 Å². The molecule has 1 aromatic carbocycles. The fourth-order valence-corrected chi connectivity index (χ4v) is 1.43. The first-order chi connectivity index (χ1) is 8.58. The van der Waals surface area contributed by atoms with Crippen LogP contribution in [0.15, 0.2) is 39.6 Å². The fourth-order valence-electron chi connectivity index (χ4n) is 1.43. The van der Waals surface area contributed by atoms with E-state index in [1.165, 1.54) is 6.92 Å². The minimum atomic E-state index is -0.786. The third-order valence-electron chi connectivity index (χ3n) is 2.44. The third-order valence-corrected chi connectivity index (χ3v) is 2.44. The summed E-state index contributed by atoms with van der Waals surface area (Å²) in [7, 11) is 0. The Morgan fingerprint density at radius 3 is 2.83 bits per heavy atom. The normalized spacial score (nSPS) is 18.9. The van der Waals surface area contributed by atoms with E-state index in [1.54, 1.807) is 31.2 Å². The summed E-state index contributed by atoms with van der Waals surface area (Å²) in [4.78, 5) is 26.9. The molecule has 0 N–H and O–H groups in total. The molecule has 0 spiro atoms. The summed E-state index contributed by atoms with van der Waals surface area (Å²) in [6.07, 6.45) is 0. The van der Waals surface area contributed by atoms with Gasteiger partial charge in [0.2, 0.25) is 6.04 Å². The second-order valence-electron chi connectivity index (χ2n) is 3.87. The van der Waals surface area contributed by atoms with E-state index < -0.39 is 12.0 Å². The fraction of sp³-hybridized carbons (Fsp3) is 0.250. The Labute approximate surface area is 103 Å². The minimum absolute atomic E-state index is 0.0509. The van der Waals surface area contributed by atoms with Crippen molar-refractivity contribution in [2.24, 2.45) is 15.4 Å². The molecule has 18 heavy (non-hydrogen) atoms. The molecule has 0 amide bonds. The van der Waals surface area contributed by atoms with Crippen LogP contribution >= 0.6 is 0 Å². The predicted octanol–water partition coefficient (Wildman–Crippen LogP) is 2.27. The number of rotatable bonds is 3. The van der Waals surface area contributed by atoms with Crippen molar-refractivity contribution in [2.75, 3.05) is 0 Å². The van der Waals surface area contributed by atoms with Crippen LogP contribution < -0.4 is 0 Å².